The molecule has 0 heterocycles. The summed E-state index contributed by atoms with van der Waals surface area (Å²) in [5, 5.41) is 3.60. The molecule has 2 aromatic rings. The third kappa shape index (κ3) is 3.03. The van der Waals surface area contributed by atoms with E-state index in [1.807, 2.05) is 0 Å². The molecule has 0 aliphatic rings. The van der Waals surface area contributed by atoms with Crippen LogP contribution in [0.2, 0.25) is 5.02 Å². The molecule has 0 aliphatic heterocycles. The fraction of sp³-hybridized carbons (Fsp3) is 0.200. The zero-order valence-electron chi connectivity index (χ0n) is 11.0. The average Bonchev–Trinajstić information content (AvgIpc) is 2.40. The van der Waals surface area contributed by atoms with E-state index >= 15 is 0 Å². The molecule has 0 spiro atoms. The first-order valence-corrected chi connectivity index (χ1v) is 7.19. The van der Waals surface area contributed by atoms with Crippen LogP contribution in [0.3, 0.4) is 0 Å². The van der Waals surface area contributed by atoms with E-state index in [-0.39, 0.29) is 0 Å². The lowest BCUT2D eigenvalue weighted by atomic mass is 9.96. The van der Waals surface area contributed by atoms with Crippen molar-refractivity contribution in [3.05, 3.63) is 68.2 Å². The van der Waals surface area contributed by atoms with Crippen LogP contribution in [-0.4, -0.2) is 7.05 Å². The molecule has 0 aliphatic carbocycles. The Balaban J connectivity index is 2.58. The molecule has 5 heteroatoms. The van der Waals surface area contributed by atoms with Gasteiger partial charge in [0.25, 0.3) is 0 Å². The van der Waals surface area contributed by atoms with Crippen LogP contribution >= 0.6 is 27.5 Å². The van der Waals surface area contributed by atoms with Crippen molar-refractivity contribution >= 4 is 27.5 Å². The van der Waals surface area contributed by atoms with Gasteiger partial charge in [0.15, 0.2) is 0 Å². The number of nitrogens with one attached hydrogen (secondary N) is 1. The van der Waals surface area contributed by atoms with Crippen LogP contribution in [0, 0.1) is 18.6 Å². The lowest BCUT2D eigenvalue weighted by Gasteiger charge is -2.20. The van der Waals surface area contributed by atoms with Gasteiger partial charge in [-0.2, -0.15) is 0 Å². The number of halogens is 4. The maximum Gasteiger partial charge on any atom is 0.131 e. The third-order valence-electron chi connectivity index (χ3n) is 3.15. The molecule has 0 bridgehead atoms. The van der Waals surface area contributed by atoms with Gasteiger partial charge in [0, 0.05) is 21.1 Å². The maximum atomic E-state index is 14.1. The Morgan fingerprint density at radius 3 is 2.45 bits per heavy atom. The molecule has 1 unspecified atom stereocenters. The van der Waals surface area contributed by atoms with E-state index < -0.39 is 17.7 Å². The minimum Gasteiger partial charge on any atom is -0.309 e. The maximum absolute atomic E-state index is 14.1. The van der Waals surface area contributed by atoms with E-state index in [1.165, 1.54) is 6.07 Å². The Labute approximate surface area is 130 Å². The molecular weight excluding hydrogens is 348 g/mol. The van der Waals surface area contributed by atoms with E-state index in [0.717, 1.165) is 16.1 Å². The van der Waals surface area contributed by atoms with Crippen LogP contribution < -0.4 is 5.32 Å². The van der Waals surface area contributed by atoms with Crippen LogP contribution in [0.4, 0.5) is 8.78 Å². The fourth-order valence-corrected chi connectivity index (χ4v) is 2.77. The van der Waals surface area contributed by atoms with Gasteiger partial charge in [-0.05, 0) is 49.4 Å². The van der Waals surface area contributed by atoms with Crippen LogP contribution in [0.1, 0.15) is 22.7 Å². The van der Waals surface area contributed by atoms with Crippen molar-refractivity contribution in [2.24, 2.45) is 0 Å². The van der Waals surface area contributed by atoms with Crippen LogP contribution in [0.25, 0.3) is 0 Å². The van der Waals surface area contributed by atoms with Crippen LogP contribution in [-0.2, 0) is 0 Å². The Hall–Kier alpha value is -0.970. The topological polar surface area (TPSA) is 12.0 Å². The lowest BCUT2D eigenvalue weighted by molar-refractivity contribution is 0.547. The molecule has 2 aromatic carbocycles. The molecule has 0 radical (unpaired) electrons. The number of benzene rings is 2. The normalized spacial score (nSPS) is 12.5. The molecular formula is C15H13BrClF2N. The van der Waals surface area contributed by atoms with Gasteiger partial charge in [-0.25, -0.2) is 8.78 Å². The molecule has 20 heavy (non-hydrogen) atoms. The summed E-state index contributed by atoms with van der Waals surface area (Å²) in [4.78, 5) is 0. The SMILES string of the molecule is CNC(c1cc(C)c(F)cc1F)c1cc(Cl)ccc1Br. The smallest absolute Gasteiger partial charge is 0.131 e. The van der Waals surface area contributed by atoms with Crippen molar-refractivity contribution in [3.63, 3.8) is 0 Å². The highest BCUT2D eigenvalue weighted by molar-refractivity contribution is 9.10. The second kappa shape index (κ2) is 6.20. The van der Waals surface area contributed by atoms with Gasteiger partial charge in [-0.15, -0.1) is 0 Å². The molecule has 2 rings (SSSR count). The van der Waals surface area contributed by atoms with Gasteiger partial charge in [0.05, 0.1) is 6.04 Å². The first-order valence-electron chi connectivity index (χ1n) is 6.01. The van der Waals surface area contributed by atoms with Gasteiger partial charge < -0.3 is 5.32 Å². The van der Waals surface area contributed by atoms with E-state index in [9.17, 15) is 8.78 Å². The minimum atomic E-state index is -0.584. The highest BCUT2D eigenvalue weighted by Gasteiger charge is 2.20. The van der Waals surface area contributed by atoms with Crippen molar-refractivity contribution < 1.29 is 8.78 Å². The van der Waals surface area contributed by atoms with E-state index in [0.29, 0.717) is 16.1 Å². The first-order chi connectivity index (χ1) is 9.43. The summed E-state index contributed by atoms with van der Waals surface area (Å²) in [5.74, 6) is -1.13. The summed E-state index contributed by atoms with van der Waals surface area (Å²) in [7, 11) is 1.72. The highest BCUT2D eigenvalue weighted by Crippen LogP contribution is 2.32. The summed E-state index contributed by atoms with van der Waals surface area (Å²) >= 11 is 9.43. The van der Waals surface area contributed by atoms with Crippen molar-refractivity contribution in [1.29, 1.82) is 0 Å². The monoisotopic (exact) mass is 359 g/mol. The Morgan fingerprint density at radius 2 is 1.80 bits per heavy atom. The molecule has 1 nitrogen and oxygen atoms in total. The van der Waals surface area contributed by atoms with Crippen molar-refractivity contribution in [1.82, 2.24) is 5.32 Å². The molecule has 106 valence electrons. The number of hydrogen-bond donors (Lipinski definition) is 1. The number of rotatable bonds is 3. The number of hydrogen-bond acceptors (Lipinski definition) is 1. The van der Waals surface area contributed by atoms with E-state index in [4.69, 9.17) is 11.6 Å². The Bertz CT molecular complexity index is 646. The second-order valence-electron chi connectivity index (χ2n) is 4.51. The van der Waals surface area contributed by atoms with E-state index in [2.05, 4.69) is 21.2 Å². The van der Waals surface area contributed by atoms with Crippen molar-refractivity contribution in [3.8, 4) is 0 Å². The lowest BCUT2D eigenvalue weighted by Crippen LogP contribution is -2.20. The van der Waals surface area contributed by atoms with Gasteiger partial charge in [0.2, 0.25) is 0 Å². The minimum absolute atomic E-state index is 0.384. The average molecular weight is 361 g/mol. The van der Waals surface area contributed by atoms with Gasteiger partial charge >= 0.3 is 0 Å². The molecule has 0 saturated heterocycles. The quantitative estimate of drug-likeness (QED) is 0.812. The molecule has 0 aromatic heterocycles. The standard InChI is InChI=1S/C15H13BrClF2N/c1-8-5-11(14(19)7-13(8)18)15(20-2)10-6-9(17)3-4-12(10)16/h3-7,15,20H,1-2H3. The van der Waals surface area contributed by atoms with Gasteiger partial charge in [-0.3, -0.25) is 0 Å². The fourth-order valence-electron chi connectivity index (χ4n) is 2.12. The predicted molar refractivity (Wildman–Crippen MR) is 81.1 cm³/mol. The van der Waals surface area contributed by atoms with Gasteiger partial charge in [0.1, 0.15) is 11.6 Å². The van der Waals surface area contributed by atoms with Gasteiger partial charge in [-0.1, -0.05) is 27.5 Å². The predicted octanol–water partition coefficient (Wildman–Crippen LogP) is 5.00. The summed E-state index contributed by atoms with van der Waals surface area (Å²) in [6.45, 7) is 1.61. The van der Waals surface area contributed by atoms with Crippen LogP contribution in [0.5, 0.6) is 0 Å². The highest BCUT2D eigenvalue weighted by atomic mass is 79.9. The largest absolute Gasteiger partial charge is 0.309 e. The molecule has 0 saturated carbocycles. The third-order valence-corrected chi connectivity index (χ3v) is 4.10. The summed E-state index contributed by atoms with van der Waals surface area (Å²) in [6, 6.07) is 7.31. The summed E-state index contributed by atoms with van der Waals surface area (Å²) < 4.78 is 28.2. The van der Waals surface area contributed by atoms with E-state index in [1.54, 1.807) is 32.2 Å². The van der Waals surface area contributed by atoms with Crippen molar-refractivity contribution in [2.75, 3.05) is 7.05 Å². The zero-order valence-corrected chi connectivity index (χ0v) is 13.3. The molecule has 1 N–H and O–H groups in total. The Morgan fingerprint density at radius 1 is 1.10 bits per heavy atom. The molecule has 0 fully saturated rings. The molecule has 0 amide bonds. The summed E-state index contributed by atoms with van der Waals surface area (Å²) in [5.41, 5.74) is 1.58. The number of aryl methyl sites for hydroxylation is 1. The molecule has 1 atom stereocenters. The van der Waals surface area contributed by atoms with Crippen LogP contribution in [0.15, 0.2) is 34.8 Å². The summed E-state index contributed by atoms with van der Waals surface area (Å²) in [6.07, 6.45) is 0. The first kappa shape index (κ1) is 15.4. The van der Waals surface area contributed by atoms with Crippen molar-refractivity contribution in [2.45, 2.75) is 13.0 Å². The second-order valence-corrected chi connectivity index (χ2v) is 5.80. The Kier molecular flexibility index (Phi) is 4.78. The zero-order chi connectivity index (χ0) is 14.9.